The van der Waals surface area contributed by atoms with Crippen LogP contribution in [0, 0.1) is 5.82 Å². The third kappa shape index (κ3) is 3.08. The summed E-state index contributed by atoms with van der Waals surface area (Å²) in [6.07, 6.45) is 0. The predicted molar refractivity (Wildman–Crippen MR) is 81.3 cm³/mol. The van der Waals surface area contributed by atoms with Crippen molar-refractivity contribution in [3.05, 3.63) is 67.9 Å². The van der Waals surface area contributed by atoms with Crippen molar-refractivity contribution in [2.75, 3.05) is 0 Å². The molecule has 0 aliphatic heterocycles. The van der Waals surface area contributed by atoms with Crippen LogP contribution >= 0.6 is 55.1 Å². The highest BCUT2D eigenvalue weighted by Gasteiger charge is 2.15. The van der Waals surface area contributed by atoms with Crippen molar-refractivity contribution in [2.24, 2.45) is 0 Å². The maximum Gasteiger partial charge on any atom is 0.137 e. The van der Waals surface area contributed by atoms with Crippen molar-refractivity contribution in [1.82, 2.24) is 0 Å². The SMILES string of the molecule is Fc1cc(C(Br)c2cc(Cl)ccc2Cl)ccc1Br. The highest BCUT2D eigenvalue weighted by molar-refractivity contribution is 9.10. The first kappa shape index (κ1) is 14.3. The Bertz CT molecular complexity index is 587. The van der Waals surface area contributed by atoms with Crippen LogP contribution in [0.25, 0.3) is 0 Å². The molecule has 2 rings (SSSR count). The van der Waals surface area contributed by atoms with Crippen LogP contribution in [0.1, 0.15) is 16.0 Å². The van der Waals surface area contributed by atoms with Gasteiger partial charge in [0.15, 0.2) is 0 Å². The van der Waals surface area contributed by atoms with Gasteiger partial charge in [0.05, 0.1) is 9.30 Å². The van der Waals surface area contributed by atoms with Crippen molar-refractivity contribution in [3.8, 4) is 0 Å². The van der Waals surface area contributed by atoms with Crippen molar-refractivity contribution in [2.45, 2.75) is 4.83 Å². The van der Waals surface area contributed by atoms with Crippen molar-refractivity contribution < 1.29 is 4.39 Å². The molecule has 0 spiro atoms. The third-order valence-electron chi connectivity index (χ3n) is 2.47. The van der Waals surface area contributed by atoms with Gasteiger partial charge in [-0.1, -0.05) is 45.2 Å². The first-order valence-corrected chi connectivity index (χ1v) is 7.49. The number of benzene rings is 2. The molecule has 1 atom stereocenters. The fourth-order valence-corrected chi connectivity index (χ4v) is 3.01. The van der Waals surface area contributed by atoms with Gasteiger partial charge in [0, 0.05) is 10.0 Å². The molecule has 0 aliphatic carbocycles. The van der Waals surface area contributed by atoms with Crippen molar-refractivity contribution >= 4 is 55.1 Å². The molecule has 0 amide bonds. The van der Waals surface area contributed by atoms with Gasteiger partial charge in [-0.3, -0.25) is 0 Å². The smallest absolute Gasteiger partial charge is 0.137 e. The summed E-state index contributed by atoms with van der Waals surface area (Å²) in [7, 11) is 0. The normalized spacial score (nSPS) is 12.5. The highest BCUT2D eigenvalue weighted by atomic mass is 79.9. The zero-order chi connectivity index (χ0) is 13.3. The van der Waals surface area contributed by atoms with Gasteiger partial charge in [-0.05, 0) is 57.4 Å². The molecule has 2 aromatic carbocycles. The Morgan fingerprint density at radius 2 is 1.78 bits per heavy atom. The zero-order valence-electron chi connectivity index (χ0n) is 8.93. The maximum absolute atomic E-state index is 13.5. The van der Waals surface area contributed by atoms with Crippen LogP contribution < -0.4 is 0 Å². The lowest BCUT2D eigenvalue weighted by molar-refractivity contribution is 0.619. The zero-order valence-corrected chi connectivity index (χ0v) is 13.6. The van der Waals surface area contributed by atoms with Gasteiger partial charge in [0.25, 0.3) is 0 Å². The van der Waals surface area contributed by atoms with Gasteiger partial charge < -0.3 is 0 Å². The molecule has 0 saturated carbocycles. The van der Waals surface area contributed by atoms with E-state index in [4.69, 9.17) is 23.2 Å². The second-order valence-corrected chi connectivity index (χ2v) is 6.32. The Balaban J connectivity index is 2.44. The van der Waals surface area contributed by atoms with Gasteiger partial charge in [-0.2, -0.15) is 0 Å². The van der Waals surface area contributed by atoms with Gasteiger partial charge in [-0.25, -0.2) is 4.39 Å². The highest BCUT2D eigenvalue weighted by Crippen LogP contribution is 2.37. The standard InChI is InChI=1S/C13H7Br2Cl2F/c14-10-3-1-7(5-12(10)18)13(15)9-6-8(16)2-4-11(9)17/h1-6,13H. The van der Waals surface area contributed by atoms with E-state index in [9.17, 15) is 4.39 Å². The Hall–Kier alpha value is -0.0900. The summed E-state index contributed by atoms with van der Waals surface area (Å²) < 4.78 is 13.9. The monoisotopic (exact) mass is 410 g/mol. The maximum atomic E-state index is 13.5. The van der Waals surface area contributed by atoms with E-state index in [2.05, 4.69) is 31.9 Å². The first-order valence-electron chi connectivity index (χ1n) is 5.03. The summed E-state index contributed by atoms with van der Waals surface area (Å²) >= 11 is 18.7. The molecule has 0 aromatic heterocycles. The van der Waals surface area contributed by atoms with Gasteiger partial charge in [0.2, 0.25) is 0 Å². The molecule has 1 unspecified atom stereocenters. The Labute approximate surface area is 131 Å². The van der Waals surface area contributed by atoms with Crippen LogP contribution in [0.2, 0.25) is 10.0 Å². The minimum atomic E-state index is -0.310. The summed E-state index contributed by atoms with van der Waals surface area (Å²) in [6, 6.07) is 10.2. The Kier molecular flexibility index (Phi) is 4.70. The molecule has 0 bridgehead atoms. The Morgan fingerprint density at radius 1 is 1.06 bits per heavy atom. The summed E-state index contributed by atoms with van der Waals surface area (Å²) in [4.78, 5) is -0.203. The number of hydrogen-bond acceptors (Lipinski definition) is 0. The molecule has 5 heteroatoms. The summed E-state index contributed by atoms with van der Waals surface area (Å²) in [5, 5.41) is 1.18. The first-order chi connectivity index (χ1) is 8.49. The molecule has 94 valence electrons. The third-order valence-corrected chi connectivity index (χ3v) is 4.71. The Morgan fingerprint density at radius 3 is 2.44 bits per heavy atom. The van der Waals surface area contributed by atoms with Gasteiger partial charge in [-0.15, -0.1) is 0 Å². The fraction of sp³-hybridized carbons (Fsp3) is 0.0769. The summed E-state index contributed by atoms with van der Waals surface area (Å²) in [6.45, 7) is 0. The average molecular weight is 413 g/mol. The summed E-state index contributed by atoms with van der Waals surface area (Å²) in [5.41, 5.74) is 1.59. The number of hydrogen-bond donors (Lipinski definition) is 0. The molecule has 0 heterocycles. The van der Waals surface area contributed by atoms with E-state index in [0.29, 0.717) is 14.5 Å². The number of halogens is 5. The molecule has 2 aromatic rings. The fourth-order valence-electron chi connectivity index (χ4n) is 1.56. The molecule has 0 nitrogen and oxygen atoms in total. The van der Waals surface area contributed by atoms with E-state index in [1.807, 2.05) is 6.07 Å². The van der Waals surface area contributed by atoms with Crippen LogP contribution in [0.4, 0.5) is 4.39 Å². The van der Waals surface area contributed by atoms with Crippen molar-refractivity contribution in [3.63, 3.8) is 0 Å². The minimum Gasteiger partial charge on any atom is -0.206 e. The molecule has 18 heavy (non-hydrogen) atoms. The number of rotatable bonds is 2. The molecule has 0 fully saturated rings. The van der Waals surface area contributed by atoms with Crippen LogP contribution in [0.3, 0.4) is 0 Å². The number of alkyl halides is 1. The van der Waals surface area contributed by atoms with E-state index in [0.717, 1.165) is 11.1 Å². The second-order valence-electron chi connectivity index (χ2n) is 3.70. The minimum absolute atomic E-state index is 0.203. The topological polar surface area (TPSA) is 0 Å². The van der Waals surface area contributed by atoms with E-state index in [1.165, 1.54) is 6.07 Å². The quantitative estimate of drug-likeness (QED) is 0.502. The lowest BCUT2D eigenvalue weighted by Gasteiger charge is -2.13. The summed E-state index contributed by atoms with van der Waals surface area (Å²) in [5.74, 6) is -0.310. The molecular weight excluding hydrogens is 406 g/mol. The van der Waals surface area contributed by atoms with Crippen LogP contribution in [0.15, 0.2) is 40.9 Å². The van der Waals surface area contributed by atoms with E-state index < -0.39 is 0 Å². The van der Waals surface area contributed by atoms with Crippen LogP contribution in [0.5, 0.6) is 0 Å². The van der Waals surface area contributed by atoms with Gasteiger partial charge in [0.1, 0.15) is 5.82 Å². The van der Waals surface area contributed by atoms with E-state index in [-0.39, 0.29) is 10.6 Å². The molecule has 0 saturated heterocycles. The molecule has 0 N–H and O–H groups in total. The van der Waals surface area contributed by atoms with E-state index >= 15 is 0 Å². The molecule has 0 aliphatic rings. The lowest BCUT2D eigenvalue weighted by atomic mass is 10.0. The largest absolute Gasteiger partial charge is 0.206 e. The van der Waals surface area contributed by atoms with E-state index in [1.54, 1.807) is 24.3 Å². The molecule has 0 radical (unpaired) electrons. The van der Waals surface area contributed by atoms with Crippen LogP contribution in [-0.2, 0) is 0 Å². The van der Waals surface area contributed by atoms with Crippen LogP contribution in [-0.4, -0.2) is 0 Å². The van der Waals surface area contributed by atoms with Crippen molar-refractivity contribution in [1.29, 1.82) is 0 Å². The average Bonchev–Trinajstić information content (AvgIpc) is 2.35. The predicted octanol–water partition coefficient (Wildman–Crippen LogP) is 6.38. The lowest BCUT2D eigenvalue weighted by Crippen LogP contribution is -1.95. The second kappa shape index (κ2) is 5.91. The van der Waals surface area contributed by atoms with Gasteiger partial charge >= 0.3 is 0 Å². The molecular formula is C13H7Br2Cl2F.